The van der Waals surface area contributed by atoms with Crippen LogP contribution in [0.5, 0.6) is 0 Å². The average molecular weight is 297 g/mol. The number of hydrogen-bond donors (Lipinski definition) is 0. The van der Waals surface area contributed by atoms with Crippen molar-refractivity contribution < 1.29 is 9.53 Å². The summed E-state index contributed by atoms with van der Waals surface area (Å²) in [4.78, 5) is 11.1. The third-order valence-electron chi connectivity index (χ3n) is 2.81. The van der Waals surface area contributed by atoms with Gasteiger partial charge in [-0.15, -0.1) is 18.0 Å². The monoisotopic (exact) mass is 296 g/mol. The molecule has 112 valence electrons. The van der Waals surface area contributed by atoms with Crippen LogP contribution in [0, 0.1) is 12.3 Å². The lowest BCUT2D eigenvalue weighted by Crippen LogP contribution is -2.26. The minimum Gasteiger partial charge on any atom is -0.461 e. The summed E-state index contributed by atoms with van der Waals surface area (Å²) in [5, 5.41) is -0.233. The van der Waals surface area contributed by atoms with Gasteiger partial charge in [0.1, 0.15) is 6.10 Å². The summed E-state index contributed by atoms with van der Waals surface area (Å²) in [7, 11) is 0. The van der Waals surface area contributed by atoms with Crippen LogP contribution in [0.1, 0.15) is 52.4 Å². The van der Waals surface area contributed by atoms with Crippen LogP contribution in [-0.2, 0) is 9.53 Å². The molecule has 0 aliphatic carbocycles. The van der Waals surface area contributed by atoms with Crippen LogP contribution in [0.4, 0.5) is 0 Å². The van der Waals surface area contributed by atoms with Crippen molar-refractivity contribution in [2.75, 3.05) is 0 Å². The first-order valence-corrected chi connectivity index (χ1v) is 7.62. The van der Waals surface area contributed by atoms with Crippen molar-refractivity contribution in [3.63, 3.8) is 0 Å². The van der Waals surface area contributed by atoms with Gasteiger partial charge in [-0.2, -0.15) is 0 Å². The quantitative estimate of drug-likeness (QED) is 0.193. The molecular weight excluding hydrogens is 272 g/mol. The highest BCUT2D eigenvalue weighted by Crippen LogP contribution is 2.17. The maximum Gasteiger partial charge on any atom is 0.302 e. The summed E-state index contributed by atoms with van der Waals surface area (Å²) in [5.74, 6) is 2.09. The number of alkyl halides is 1. The Kier molecular flexibility index (Phi) is 12.0. The molecule has 0 unspecified atom stereocenters. The van der Waals surface area contributed by atoms with Gasteiger partial charge in [0.2, 0.25) is 0 Å². The molecule has 0 spiro atoms. The molecule has 0 heterocycles. The van der Waals surface area contributed by atoms with Crippen LogP contribution in [0.2, 0.25) is 0 Å². The molecule has 2 nitrogen and oxygen atoms in total. The van der Waals surface area contributed by atoms with Gasteiger partial charge in [-0.25, -0.2) is 0 Å². The molecule has 3 heteroatoms. The van der Waals surface area contributed by atoms with Crippen LogP contribution < -0.4 is 0 Å². The lowest BCUT2D eigenvalue weighted by atomic mass is 10.1. The fourth-order valence-corrected chi connectivity index (χ4v) is 2.02. The number of esters is 1. The summed E-state index contributed by atoms with van der Waals surface area (Å²) in [6, 6.07) is 0. The van der Waals surface area contributed by atoms with Crippen molar-refractivity contribution in [3.05, 3.63) is 24.3 Å². The van der Waals surface area contributed by atoms with Gasteiger partial charge in [0.15, 0.2) is 0 Å². The van der Waals surface area contributed by atoms with Crippen LogP contribution >= 0.6 is 11.6 Å². The standard InChI is InChI=1S/C17H25ClO2/c1-4-6-8-9-10-12-13-16(18)17(20-15(3)19)14-11-7-5-2/h2,7,10-12,16-17H,4,6,8-9,13-14H2,1,3H3/b11-7-,12-10-/t16-,17-/m0/s1. The summed E-state index contributed by atoms with van der Waals surface area (Å²) in [6.45, 7) is 3.58. The molecule has 0 saturated heterocycles. The SMILES string of the molecule is C#C/C=C\C[C@H](OC(C)=O)[C@@H](Cl)C/C=C\CCCCC. The molecule has 0 radical (unpaired) electrons. The average Bonchev–Trinajstić information content (AvgIpc) is 2.41. The van der Waals surface area contributed by atoms with Crippen LogP contribution in [0.3, 0.4) is 0 Å². The van der Waals surface area contributed by atoms with Gasteiger partial charge in [0, 0.05) is 13.3 Å². The number of carbonyl (C=O) groups excluding carboxylic acids is 1. The van der Waals surface area contributed by atoms with E-state index >= 15 is 0 Å². The molecular formula is C17H25ClO2. The number of hydrogen-bond acceptors (Lipinski definition) is 2. The van der Waals surface area contributed by atoms with E-state index in [1.165, 1.54) is 26.2 Å². The van der Waals surface area contributed by atoms with Gasteiger partial charge in [-0.3, -0.25) is 4.79 Å². The molecule has 0 saturated carbocycles. The molecule has 0 aliphatic heterocycles. The Morgan fingerprint density at radius 1 is 1.30 bits per heavy atom. The Morgan fingerprint density at radius 3 is 2.65 bits per heavy atom. The van der Waals surface area contributed by atoms with E-state index in [9.17, 15) is 4.79 Å². The van der Waals surface area contributed by atoms with Gasteiger partial charge >= 0.3 is 5.97 Å². The Bertz CT molecular complexity index is 352. The zero-order chi connectivity index (χ0) is 15.2. The zero-order valence-electron chi connectivity index (χ0n) is 12.5. The second-order valence-corrected chi connectivity index (χ2v) is 5.23. The molecule has 0 aromatic heterocycles. The van der Waals surface area contributed by atoms with Crippen molar-refractivity contribution in [1.82, 2.24) is 0 Å². The number of halogens is 1. The first kappa shape index (κ1) is 18.8. The van der Waals surface area contributed by atoms with Gasteiger partial charge in [-0.05, 0) is 25.3 Å². The smallest absolute Gasteiger partial charge is 0.302 e. The first-order chi connectivity index (χ1) is 9.61. The first-order valence-electron chi connectivity index (χ1n) is 7.19. The minimum atomic E-state index is -0.334. The molecule has 0 N–H and O–H groups in total. The number of terminal acetylenes is 1. The van der Waals surface area contributed by atoms with E-state index in [2.05, 4.69) is 25.0 Å². The summed E-state index contributed by atoms with van der Waals surface area (Å²) < 4.78 is 5.23. The van der Waals surface area contributed by atoms with Gasteiger partial charge < -0.3 is 4.74 Å². The highest BCUT2D eigenvalue weighted by Gasteiger charge is 2.19. The Balaban J connectivity index is 4.18. The van der Waals surface area contributed by atoms with E-state index in [0.717, 1.165) is 6.42 Å². The van der Waals surface area contributed by atoms with Crippen molar-refractivity contribution in [3.8, 4) is 12.3 Å². The molecule has 0 aromatic rings. The van der Waals surface area contributed by atoms with Gasteiger partial charge in [0.05, 0.1) is 5.38 Å². The van der Waals surface area contributed by atoms with Gasteiger partial charge in [-0.1, -0.05) is 43.9 Å². The lowest BCUT2D eigenvalue weighted by molar-refractivity contribution is -0.146. The molecule has 0 fully saturated rings. The second-order valence-electron chi connectivity index (χ2n) is 4.67. The van der Waals surface area contributed by atoms with Gasteiger partial charge in [0.25, 0.3) is 0 Å². The van der Waals surface area contributed by atoms with Crippen LogP contribution in [0.15, 0.2) is 24.3 Å². The normalized spacial score (nSPS) is 14.3. The number of allylic oxidation sites excluding steroid dienone is 3. The maximum absolute atomic E-state index is 11.1. The third kappa shape index (κ3) is 10.7. The van der Waals surface area contributed by atoms with Crippen molar-refractivity contribution >= 4 is 17.6 Å². The summed E-state index contributed by atoms with van der Waals surface area (Å²) in [6.07, 6.45) is 18.4. The van der Waals surface area contributed by atoms with Crippen LogP contribution in [-0.4, -0.2) is 17.5 Å². The summed E-state index contributed by atoms with van der Waals surface area (Å²) in [5.41, 5.74) is 0. The Hall–Kier alpha value is -1.20. The number of unbranched alkanes of at least 4 members (excludes halogenated alkanes) is 3. The fraction of sp³-hybridized carbons (Fsp3) is 0.588. The van der Waals surface area contributed by atoms with E-state index in [4.69, 9.17) is 22.8 Å². The molecule has 20 heavy (non-hydrogen) atoms. The molecule has 0 rings (SSSR count). The molecule has 2 atom stereocenters. The number of rotatable bonds is 10. The molecule has 0 aliphatic rings. The largest absolute Gasteiger partial charge is 0.461 e. The second kappa shape index (κ2) is 12.8. The number of carbonyl (C=O) groups is 1. The van der Waals surface area contributed by atoms with Crippen molar-refractivity contribution in [2.45, 2.75) is 63.9 Å². The van der Waals surface area contributed by atoms with E-state index in [1.807, 2.05) is 0 Å². The predicted molar refractivity (Wildman–Crippen MR) is 85.7 cm³/mol. The van der Waals surface area contributed by atoms with E-state index < -0.39 is 0 Å². The van der Waals surface area contributed by atoms with Crippen LogP contribution in [0.25, 0.3) is 0 Å². The van der Waals surface area contributed by atoms with E-state index in [-0.39, 0.29) is 17.5 Å². The minimum absolute atomic E-state index is 0.233. The Morgan fingerprint density at radius 2 is 2.05 bits per heavy atom. The maximum atomic E-state index is 11.1. The lowest BCUT2D eigenvalue weighted by Gasteiger charge is -2.19. The van der Waals surface area contributed by atoms with E-state index in [1.54, 1.807) is 12.2 Å². The highest BCUT2D eigenvalue weighted by molar-refractivity contribution is 6.21. The van der Waals surface area contributed by atoms with Crippen molar-refractivity contribution in [1.29, 1.82) is 0 Å². The van der Waals surface area contributed by atoms with Crippen molar-refractivity contribution in [2.24, 2.45) is 0 Å². The summed E-state index contributed by atoms with van der Waals surface area (Å²) >= 11 is 6.30. The number of ether oxygens (including phenoxy) is 1. The topological polar surface area (TPSA) is 26.3 Å². The van der Waals surface area contributed by atoms with E-state index in [0.29, 0.717) is 12.8 Å². The highest BCUT2D eigenvalue weighted by atomic mass is 35.5. The third-order valence-corrected chi connectivity index (χ3v) is 3.26. The fourth-order valence-electron chi connectivity index (χ4n) is 1.76. The predicted octanol–water partition coefficient (Wildman–Crippen LogP) is 4.63. The Labute approximate surface area is 128 Å². The zero-order valence-corrected chi connectivity index (χ0v) is 13.2. The molecule has 0 bridgehead atoms. The molecule has 0 aromatic carbocycles. The molecule has 0 amide bonds.